The summed E-state index contributed by atoms with van der Waals surface area (Å²) >= 11 is 0. The maximum Gasteiger partial charge on any atom is 0.322 e. The molecule has 0 radical (unpaired) electrons. The first-order valence-corrected chi connectivity index (χ1v) is 7.61. The van der Waals surface area contributed by atoms with Crippen molar-refractivity contribution in [2.24, 2.45) is 0 Å². The van der Waals surface area contributed by atoms with Gasteiger partial charge in [-0.2, -0.15) is 0 Å². The van der Waals surface area contributed by atoms with Crippen LogP contribution in [0.5, 0.6) is 0 Å². The monoisotopic (exact) mass is 346 g/mol. The third-order valence-corrected chi connectivity index (χ3v) is 3.69. The summed E-state index contributed by atoms with van der Waals surface area (Å²) in [7, 11) is 0. The van der Waals surface area contributed by atoms with Gasteiger partial charge in [0.25, 0.3) is 5.91 Å². The zero-order chi connectivity index (χ0) is 17.8. The number of nitrogens with one attached hydrogen (secondary N) is 3. The van der Waals surface area contributed by atoms with E-state index in [4.69, 9.17) is 4.52 Å². The number of urea groups is 1. The Morgan fingerprint density at radius 1 is 1.32 bits per heavy atom. The molecule has 0 bridgehead atoms. The van der Waals surface area contributed by atoms with E-state index in [1.54, 1.807) is 24.3 Å². The Kier molecular flexibility index (Phi) is 4.73. The Bertz CT molecular complexity index is 820. The second-order valence-corrected chi connectivity index (χ2v) is 5.49. The Morgan fingerprint density at radius 2 is 2.12 bits per heavy atom. The zero-order valence-corrected chi connectivity index (χ0v) is 13.0. The van der Waals surface area contributed by atoms with E-state index in [1.807, 2.05) is 0 Å². The first-order chi connectivity index (χ1) is 12.0. The van der Waals surface area contributed by atoms with E-state index >= 15 is 0 Å². The second kappa shape index (κ2) is 7.12. The van der Waals surface area contributed by atoms with Crippen LogP contribution in [0.15, 0.2) is 34.9 Å². The normalized spacial score (nSPS) is 16.4. The van der Waals surface area contributed by atoms with Gasteiger partial charge in [-0.3, -0.25) is 14.9 Å². The van der Waals surface area contributed by atoms with Gasteiger partial charge in [0.1, 0.15) is 17.6 Å². The number of halogens is 1. The molecule has 0 spiro atoms. The number of nitrogens with zero attached hydrogens (tertiary/aromatic N) is 1. The Labute approximate surface area is 141 Å². The molecule has 9 heteroatoms. The molecule has 1 saturated heterocycles. The summed E-state index contributed by atoms with van der Waals surface area (Å²) in [6, 6.07) is 6.46. The lowest BCUT2D eigenvalue weighted by atomic mass is 10.1. The minimum Gasteiger partial charge on any atom is -0.359 e. The first kappa shape index (κ1) is 16.6. The predicted octanol–water partition coefficient (Wildman–Crippen LogP) is 1.09. The van der Waals surface area contributed by atoms with Gasteiger partial charge in [-0.25, -0.2) is 9.18 Å². The highest BCUT2D eigenvalue weighted by Crippen LogP contribution is 2.21. The maximum atomic E-state index is 13.7. The van der Waals surface area contributed by atoms with Crippen LogP contribution in [0, 0.1) is 5.82 Å². The molecule has 0 saturated carbocycles. The van der Waals surface area contributed by atoms with E-state index in [-0.39, 0.29) is 25.3 Å². The van der Waals surface area contributed by atoms with Crippen molar-refractivity contribution >= 4 is 17.8 Å². The van der Waals surface area contributed by atoms with Gasteiger partial charge in [0.05, 0.1) is 6.54 Å². The van der Waals surface area contributed by atoms with Crippen molar-refractivity contribution in [3.63, 3.8) is 0 Å². The third-order valence-electron chi connectivity index (χ3n) is 3.69. The van der Waals surface area contributed by atoms with Crippen LogP contribution in [-0.2, 0) is 16.1 Å². The van der Waals surface area contributed by atoms with Crippen molar-refractivity contribution in [2.75, 3.05) is 0 Å². The molecule has 25 heavy (non-hydrogen) atoms. The van der Waals surface area contributed by atoms with Crippen LogP contribution in [0.25, 0.3) is 11.3 Å². The molecular formula is C16H15FN4O4. The van der Waals surface area contributed by atoms with Gasteiger partial charge < -0.3 is 15.2 Å². The molecule has 1 aromatic heterocycles. The predicted molar refractivity (Wildman–Crippen MR) is 83.4 cm³/mol. The minimum absolute atomic E-state index is 0.0622. The van der Waals surface area contributed by atoms with Crippen molar-refractivity contribution in [1.29, 1.82) is 0 Å². The van der Waals surface area contributed by atoms with E-state index in [9.17, 15) is 18.8 Å². The summed E-state index contributed by atoms with van der Waals surface area (Å²) in [6.07, 6.45) is 0.257. The Balaban J connectivity index is 1.49. The number of carbonyl (C=O) groups excluding carboxylic acids is 3. The lowest BCUT2D eigenvalue weighted by molar-refractivity contribution is -0.122. The molecule has 1 atom stereocenters. The smallest absolute Gasteiger partial charge is 0.322 e. The van der Waals surface area contributed by atoms with Crippen molar-refractivity contribution in [3.8, 4) is 11.3 Å². The summed E-state index contributed by atoms with van der Waals surface area (Å²) in [5.74, 6) is -0.790. The quantitative estimate of drug-likeness (QED) is 0.678. The number of rotatable bonds is 6. The molecule has 1 fully saturated rings. The van der Waals surface area contributed by atoms with E-state index in [2.05, 4.69) is 21.1 Å². The van der Waals surface area contributed by atoms with Crippen molar-refractivity contribution in [3.05, 3.63) is 41.9 Å². The second-order valence-electron chi connectivity index (χ2n) is 5.49. The van der Waals surface area contributed by atoms with Crippen LogP contribution < -0.4 is 16.0 Å². The van der Waals surface area contributed by atoms with Gasteiger partial charge >= 0.3 is 6.03 Å². The average Bonchev–Trinajstić information content (AvgIpc) is 3.17. The molecule has 2 aromatic rings. The van der Waals surface area contributed by atoms with Crippen LogP contribution >= 0.6 is 0 Å². The molecule has 1 aliphatic rings. The topological polar surface area (TPSA) is 113 Å². The molecule has 1 aromatic carbocycles. The van der Waals surface area contributed by atoms with Gasteiger partial charge in [0, 0.05) is 18.1 Å². The summed E-state index contributed by atoms with van der Waals surface area (Å²) in [5, 5.41) is 10.9. The average molecular weight is 346 g/mol. The summed E-state index contributed by atoms with van der Waals surface area (Å²) in [5.41, 5.74) is 0.652. The molecule has 4 amide bonds. The third kappa shape index (κ3) is 4.00. The molecular weight excluding hydrogens is 331 g/mol. The number of amides is 4. The molecule has 0 unspecified atom stereocenters. The van der Waals surface area contributed by atoms with Crippen molar-refractivity contribution < 1.29 is 23.3 Å². The lowest BCUT2D eigenvalue weighted by Crippen LogP contribution is -2.31. The SMILES string of the molecule is O=C(CC[C@@H]1NC(=O)NC1=O)NCc1cc(-c2ccccc2F)no1. The molecule has 3 N–H and O–H groups in total. The lowest BCUT2D eigenvalue weighted by Gasteiger charge is -2.06. The highest BCUT2D eigenvalue weighted by molar-refractivity contribution is 6.04. The van der Waals surface area contributed by atoms with Crippen molar-refractivity contribution in [2.45, 2.75) is 25.4 Å². The van der Waals surface area contributed by atoms with Gasteiger partial charge in [-0.1, -0.05) is 17.3 Å². The van der Waals surface area contributed by atoms with Gasteiger partial charge in [0.2, 0.25) is 5.91 Å². The number of hydrogen-bond acceptors (Lipinski definition) is 5. The van der Waals surface area contributed by atoms with Crippen molar-refractivity contribution in [1.82, 2.24) is 21.1 Å². The number of benzene rings is 1. The standard InChI is InChI=1S/C16H15FN4O4/c17-11-4-2-1-3-10(11)13-7-9(25-21-13)8-18-14(22)6-5-12-15(23)20-16(24)19-12/h1-4,7,12H,5-6,8H2,(H,18,22)(H2,19,20,23,24)/t12-/m0/s1. The molecule has 3 rings (SSSR count). The highest BCUT2D eigenvalue weighted by Gasteiger charge is 2.29. The number of imide groups is 1. The molecule has 2 heterocycles. The van der Waals surface area contributed by atoms with Crippen LogP contribution in [0.1, 0.15) is 18.6 Å². The largest absolute Gasteiger partial charge is 0.359 e. The summed E-state index contributed by atoms with van der Waals surface area (Å²) in [6.45, 7) is 0.0868. The van der Waals surface area contributed by atoms with Crippen LogP contribution in [0.4, 0.5) is 9.18 Å². The number of aromatic nitrogens is 1. The van der Waals surface area contributed by atoms with Gasteiger partial charge in [0.15, 0.2) is 5.76 Å². The number of carbonyl (C=O) groups is 3. The Hall–Kier alpha value is -3.23. The first-order valence-electron chi connectivity index (χ1n) is 7.61. The molecule has 130 valence electrons. The van der Waals surface area contributed by atoms with Gasteiger partial charge in [-0.05, 0) is 18.6 Å². The van der Waals surface area contributed by atoms with E-state index in [1.165, 1.54) is 6.07 Å². The molecule has 8 nitrogen and oxygen atoms in total. The highest BCUT2D eigenvalue weighted by atomic mass is 19.1. The van der Waals surface area contributed by atoms with E-state index < -0.39 is 23.8 Å². The van der Waals surface area contributed by atoms with Gasteiger partial charge in [-0.15, -0.1) is 0 Å². The van der Waals surface area contributed by atoms with Crippen LogP contribution in [0.2, 0.25) is 0 Å². The summed E-state index contributed by atoms with van der Waals surface area (Å²) < 4.78 is 18.8. The fourth-order valence-electron chi connectivity index (χ4n) is 2.40. The van der Waals surface area contributed by atoms with E-state index in [0.29, 0.717) is 17.0 Å². The Morgan fingerprint density at radius 3 is 2.84 bits per heavy atom. The summed E-state index contributed by atoms with van der Waals surface area (Å²) in [4.78, 5) is 34.1. The maximum absolute atomic E-state index is 13.7. The number of hydrogen-bond donors (Lipinski definition) is 3. The minimum atomic E-state index is -0.698. The molecule has 0 aliphatic carbocycles. The van der Waals surface area contributed by atoms with Crippen LogP contribution in [-0.4, -0.2) is 29.0 Å². The fourth-order valence-corrected chi connectivity index (χ4v) is 2.40. The van der Waals surface area contributed by atoms with E-state index in [0.717, 1.165) is 0 Å². The molecule has 1 aliphatic heterocycles. The van der Waals surface area contributed by atoms with Crippen LogP contribution in [0.3, 0.4) is 0 Å². The zero-order valence-electron chi connectivity index (χ0n) is 13.0. The fraction of sp³-hybridized carbons (Fsp3) is 0.250.